The highest BCUT2D eigenvalue weighted by molar-refractivity contribution is 5.96. The molecule has 1 heterocycles. The number of ether oxygens (including phenoxy) is 1. The topological polar surface area (TPSA) is 88.9 Å². The number of amides is 3. The number of nitrogens with one attached hydrogen (secondary N) is 3. The van der Waals surface area contributed by atoms with E-state index in [1.807, 2.05) is 13.8 Å². The quantitative estimate of drug-likeness (QED) is 0.595. The minimum absolute atomic E-state index is 0.0290. The summed E-state index contributed by atoms with van der Waals surface area (Å²) >= 11 is 0. The lowest BCUT2D eigenvalue weighted by atomic mass is 9.97. The summed E-state index contributed by atoms with van der Waals surface area (Å²) in [6, 6.07) is -0.890. The Kier molecular flexibility index (Phi) is 7.31. The van der Waals surface area contributed by atoms with Gasteiger partial charge >= 0.3 is 12.0 Å². The predicted molar refractivity (Wildman–Crippen MR) is 81.3 cm³/mol. The number of likely N-dealkylation sites (tertiary alicyclic amines) is 1. The van der Waals surface area contributed by atoms with Crippen LogP contribution in [0, 0.1) is 5.92 Å². The van der Waals surface area contributed by atoms with Crippen LogP contribution in [0.2, 0.25) is 0 Å². The van der Waals surface area contributed by atoms with E-state index in [0.717, 1.165) is 24.3 Å². The van der Waals surface area contributed by atoms with Crippen molar-refractivity contribution in [1.82, 2.24) is 10.6 Å². The molecule has 1 fully saturated rings. The number of rotatable bonds is 5. The van der Waals surface area contributed by atoms with Gasteiger partial charge in [0.25, 0.3) is 5.91 Å². The van der Waals surface area contributed by atoms with Crippen LogP contribution in [0.3, 0.4) is 0 Å². The van der Waals surface area contributed by atoms with E-state index in [4.69, 9.17) is 4.74 Å². The molecule has 126 valence electrons. The molecule has 3 atom stereocenters. The smallest absolute Gasteiger partial charge is 0.321 e. The van der Waals surface area contributed by atoms with Crippen LogP contribution in [0.1, 0.15) is 40.5 Å². The minimum atomic E-state index is -0.481. The van der Waals surface area contributed by atoms with Crippen molar-refractivity contribution in [3.63, 3.8) is 0 Å². The Morgan fingerprint density at radius 1 is 1.27 bits per heavy atom. The molecule has 7 heteroatoms. The third-order valence-electron chi connectivity index (χ3n) is 3.84. The normalized spacial score (nSPS) is 22.8. The summed E-state index contributed by atoms with van der Waals surface area (Å²) in [5.41, 5.74) is 0. The maximum Gasteiger partial charge on any atom is 0.321 e. The van der Waals surface area contributed by atoms with Gasteiger partial charge < -0.3 is 15.0 Å². The van der Waals surface area contributed by atoms with Crippen LogP contribution >= 0.6 is 0 Å². The molecule has 3 amide bonds. The molecule has 7 nitrogen and oxygen atoms in total. The van der Waals surface area contributed by atoms with Crippen LogP contribution in [0.4, 0.5) is 4.79 Å². The van der Waals surface area contributed by atoms with Gasteiger partial charge in [-0.25, -0.2) is 4.79 Å². The van der Waals surface area contributed by atoms with E-state index in [0.29, 0.717) is 13.2 Å². The van der Waals surface area contributed by atoms with Gasteiger partial charge in [-0.15, -0.1) is 0 Å². The van der Waals surface area contributed by atoms with Crippen molar-refractivity contribution in [2.75, 3.05) is 19.7 Å². The second-order valence-corrected chi connectivity index (χ2v) is 6.04. The van der Waals surface area contributed by atoms with Gasteiger partial charge in [0.2, 0.25) is 0 Å². The number of piperidine rings is 1. The van der Waals surface area contributed by atoms with E-state index < -0.39 is 6.03 Å². The van der Waals surface area contributed by atoms with Gasteiger partial charge in [-0.1, -0.05) is 0 Å². The number of hydrogen-bond donors (Lipinski definition) is 3. The number of esters is 1. The van der Waals surface area contributed by atoms with Crippen LogP contribution in [-0.2, 0) is 14.3 Å². The highest BCUT2D eigenvalue weighted by Crippen LogP contribution is 2.09. The fraction of sp³-hybridized carbons (Fsp3) is 0.800. The second kappa shape index (κ2) is 8.73. The van der Waals surface area contributed by atoms with Crippen LogP contribution in [0.15, 0.2) is 0 Å². The fourth-order valence-electron chi connectivity index (χ4n) is 2.65. The lowest BCUT2D eigenvalue weighted by Gasteiger charge is -2.32. The van der Waals surface area contributed by atoms with Gasteiger partial charge in [0.1, 0.15) is 5.92 Å². The van der Waals surface area contributed by atoms with E-state index in [1.165, 1.54) is 0 Å². The van der Waals surface area contributed by atoms with E-state index in [-0.39, 0.29) is 29.9 Å². The Hall–Kier alpha value is -1.63. The zero-order valence-corrected chi connectivity index (χ0v) is 13.9. The lowest BCUT2D eigenvalue weighted by molar-refractivity contribution is -0.921. The minimum Gasteiger partial charge on any atom is -0.466 e. The fourth-order valence-corrected chi connectivity index (χ4v) is 2.65. The number of hydrogen-bond acceptors (Lipinski definition) is 4. The molecule has 0 radical (unpaired) electrons. The molecule has 1 unspecified atom stereocenters. The molecule has 1 aliphatic heterocycles. The molecule has 0 bridgehead atoms. The predicted octanol–water partition coefficient (Wildman–Crippen LogP) is -0.533. The van der Waals surface area contributed by atoms with E-state index >= 15 is 0 Å². The van der Waals surface area contributed by atoms with Crippen LogP contribution < -0.4 is 15.5 Å². The van der Waals surface area contributed by atoms with Gasteiger partial charge in [0, 0.05) is 6.04 Å². The monoisotopic (exact) mass is 314 g/mol. The highest BCUT2D eigenvalue weighted by Gasteiger charge is 2.35. The second-order valence-electron chi connectivity index (χ2n) is 6.04. The first-order valence-electron chi connectivity index (χ1n) is 7.97. The molecule has 0 aromatic rings. The molecule has 0 spiro atoms. The van der Waals surface area contributed by atoms with E-state index in [1.54, 1.807) is 13.8 Å². The summed E-state index contributed by atoms with van der Waals surface area (Å²) in [5.74, 6) is -0.675. The molecule has 22 heavy (non-hydrogen) atoms. The molecule has 1 rings (SSSR count). The summed E-state index contributed by atoms with van der Waals surface area (Å²) in [6.45, 7) is 8.97. The number of imide groups is 1. The van der Waals surface area contributed by atoms with Gasteiger partial charge in [-0.2, -0.15) is 0 Å². The summed E-state index contributed by atoms with van der Waals surface area (Å²) in [4.78, 5) is 36.6. The number of carbonyl (C=O) groups excluding carboxylic acids is 3. The third kappa shape index (κ3) is 5.63. The highest BCUT2D eigenvalue weighted by atomic mass is 16.5. The van der Waals surface area contributed by atoms with Crippen molar-refractivity contribution in [3.8, 4) is 0 Å². The number of quaternary nitrogens is 1. The average Bonchev–Trinajstić information content (AvgIpc) is 2.45. The SMILES string of the molecule is CCOC(=O)[C@H]1CCC[NH+]([C@@H](C)C(=O)NC(=O)NC(C)C)C1. The average molecular weight is 314 g/mol. The van der Waals surface area contributed by atoms with Crippen LogP contribution in [-0.4, -0.2) is 49.7 Å². The molecule has 0 aliphatic carbocycles. The molecule has 3 N–H and O–H groups in total. The first kappa shape index (κ1) is 18.4. The lowest BCUT2D eigenvalue weighted by Crippen LogP contribution is -3.18. The van der Waals surface area contributed by atoms with Crippen LogP contribution in [0.5, 0.6) is 0 Å². The van der Waals surface area contributed by atoms with Crippen LogP contribution in [0.25, 0.3) is 0 Å². The molecule has 1 aliphatic rings. The summed E-state index contributed by atoms with van der Waals surface area (Å²) in [6.07, 6.45) is 1.67. The zero-order chi connectivity index (χ0) is 16.7. The van der Waals surface area contributed by atoms with Gasteiger partial charge in [0.15, 0.2) is 6.04 Å². The van der Waals surface area contributed by atoms with Gasteiger partial charge in [-0.05, 0) is 40.5 Å². The van der Waals surface area contributed by atoms with Crippen molar-refractivity contribution in [2.24, 2.45) is 5.92 Å². The Labute approximate surface area is 131 Å². The first-order chi connectivity index (χ1) is 10.3. The van der Waals surface area contributed by atoms with Gasteiger partial charge in [0.05, 0.1) is 19.7 Å². The summed E-state index contributed by atoms with van der Waals surface area (Å²) in [5, 5.41) is 4.97. The van der Waals surface area contributed by atoms with Crippen molar-refractivity contribution in [2.45, 2.75) is 52.6 Å². The van der Waals surface area contributed by atoms with E-state index in [2.05, 4.69) is 10.6 Å². The van der Waals surface area contributed by atoms with Crippen molar-refractivity contribution in [1.29, 1.82) is 0 Å². The molecular weight excluding hydrogens is 286 g/mol. The Morgan fingerprint density at radius 3 is 2.55 bits per heavy atom. The Morgan fingerprint density at radius 2 is 1.95 bits per heavy atom. The molecule has 0 aromatic heterocycles. The van der Waals surface area contributed by atoms with Crippen molar-refractivity contribution < 1.29 is 24.0 Å². The molecule has 0 saturated carbocycles. The largest absolute Gasteiger partial charge is 0.466 e. The third-order valence-corrected chi connectivity index (χ3v) is 3.84. The van der Waals surface area contributed by atoms with Crippen molar-refractivity contribution in [3.05, 3.63) is 0 Å². The standard InChI is InChI=1S/C15H27N3O4/c1-5-22-14(20)12-7-6-8-18(9-12)11(4)13(19)17-15(21)16-10(2)3/h10-12H,5-9H2,1-4H3,(H2,16,17,19,21)/p+1/t11-,12-/m0/s1. The Bertz CT molecular complexity index is 412. The molecule has 1 saturated heterocycles. The van der Waals surface area contributed by atoms with Crippen molar-refractivity contribution >= 4 is 17.9 Å². The number of carbonyl (C=O) groups is 3. The first-order valence-corrected chi connectivity index (χ1v) is 7.97. The molecular formula is C15H28N3O4+. The maximum atomic E-state index is 12.1. The van der Waals surface area contributed by atoms with Gasteiger partial charge in [-0.3, -0.25) is 14.9 Å². The van der Waals surface area contributed by atoms with E-state index in [9.17, 15) is 14.4 Å². The summed E-state index contributed by atoms with van der Waals surface area (Å²) < 4.78 is 5.06. The Balaban J connectivity index is 2.53. The summed E-state index contributed by atoms with van der Waals surface area (Å²) in [7, 11) is 0. The molecule has 0 aromatic carbocycles. The number of urea groups is 1. The zero-order valence-electron chi connectivity index (χ0n) is 13.9. The maximum absolute atomic E-state index is 12.1.